The van der Waals surface area contributed by atoms with Gasteiger partial charge in [-0.05, 0) is 43.0 Å². The van der Waals surface area contributed by atoms with Gasteiger partial charge in [0.25, 0.3) is 5.91 Å². The van der Waals surface area contributed by atoms with Crippen LogP contribution in [0.5, 0.6) is 0 Å². The quantitative estimate of drug-likeness (QED) is 0.677. The molecule has 0 saturated carbocycles. The summed E-state index contributed by atoms with van der Waals surface area (Å²) < 4.78 is 0. The van der Waals surface area contributed by atoms with Crippen LogP contribution in [0.1, 0.15) is 27.7 Å². The van der Waals surface area contributed by atoms with Crippen LogP contribution in [0.2, 0.25) is 5.02 Å². The van der Waals surface area contributed by atoms with Crippen LogP contribution in [-0.2, 0) is 0 Å². The molecule has 3 nitrogen and oxygen atoms in total. The maximum atomic E-state index is 12.0. The maximum absolute atomic E-state index is 12.0. The normalized spacial score (nSPS) is 11.4. The number of carbonyl (C=O) groups is 1. The van der Waals surface area contributed by atoms with Gasteiger partial charge in [0.15, 0.2) is 0 Å². The Kier molecular flexibility index (Phi) is 4.35. The lowest BCUT2D eigenvalue weighted by atomic mass is 10.1. The number of benzene rings is 1. The van der Waals surface area contributed by atoms with E-state index in [1.807, 2.05) is 37.4 Å². The lowest BCUT2D eigenvalue weighted by molar-refractivity contribution is 0.0955. The molecule has 5 heteroatoms. The number of rotatable bonds is 3. The number of amides is 1. The third-order valence-corrected chi connectivity index (χ3v) is 3.86. The average molecular weight is 293 g/mol. The van der Waals surface area contributed by atoms with E-state index < -0.39 is 0 Å². The standard InChI is InChI=1S/C14H13ClN2OS/c1-9-5-6-11(12(15)8-9)14(18)17-16-10(2)13-4-3-7-19-13/h3-8H,1-2H3,(H,17,18). The molecule has 0 bridgehead atoms. The van der Waals surface area contributed by atoms with Crippen molar-refractivity contribution >= 4 is 34.6 Å². The first kappa shape index (κ1) is 13.8. The summed E-state index contributed by atoms with van der Waals surface area (Å²) in [5.74, 6) is -0.305. The molecule has 2 aromatic rings. The highest BCUT2D eigenvalue weighted by Crippen LogP contribution is 2.17. The molecule has 0 aliphatic heterocycles. The molecule has 1 heterocycles. The predicted octanol–water partition coefficient (Wildman–Crippen LogP) is 3.86. The van der Waals surface area contributed by atoms with Gasteiger partial charge in [0.2, 0.25) is 0 Å². The van der Waals surface area contributed by atoms with E-state index in [0.717, 1.165) is 16.2 Å². The highest BCUT2D eigenvalue weighted by atomic mass is 35.5. The van der Waals surface area contributed by atoms with E-state index in [9.17, 15) is 4.79 Å². The summed E-state index contributed by atoms with van der Waals surface area (Å²) >= 11 is 7.61. The summed E-state index contributed by atoms with van der Waals surface area (Å²) in [6, 6.07) is 9.19. The minimum Gasteiger partial charge on any atom is -0.267 e. The SMILES string of the molecule is CC(=NNC(=O)c1ccc(C)cc1Cl)c1cccs1. The Hall–Kier alpha value is -1.65. The van der Waals surface area contributed by atoms with Gasteiger partial charge in [0.1, 0.15) is 0 Å². The molecule has 2 rings (SSSR count). The highest BCUT2D eigenvalue weighted by Gasteiger charge is 2.09. The van der Waals surface area contributed by atoms with Gasteiger partial charge < -0.3 is 0 Å². The van der Waals surface area contributed by atoms with Crippen molar-refractivity contribution in [3.8, 4) is 0 Å². The van der Waals surface area contributed by atoms with Crippen molar-refractivity contribution in [2.45, 2.75) is 13.8 Å². The van der Waals surface area contributed by atoms with Gasteiger partial charge in [0, 0.05) is 4.88 Å². The third kappa shape index (κ3) is 3.43. The Bertz CT molecular complexity index is 620. The van der Waals surface area contributed by atoms with Crippen molar-refractivity contribution in [1.29, 1.82) is 0 Å². The van der Waals surface area contributed by atoms with Crippen LogP contribution in [-0.4, -0.2) is 11.6 Å². The molecule has 0 aliphatic carbocycles. The van der Waals surface area contributed by atoms with E-state index in [0.29, 0.717) is 10.6 Å². The fourth-order valence-corrected chi connectivity index (χ4v) is 2.54. The van der Waals surface area contributed by atoms with Crippen LogP contribution in [0, 0.1) is 6.92 Å². The first-order chi connectivity index (χ1) is 9.08. The summed E-state index contributed by atoms with van der Waals surface area (Å²) in [7, 11) is 0. The molecule has 0 atom stereocenters. The van der Waals surface area contributed by atoms with Gasteiger partial charge in [-0.2, -0.15) is 5.10 Å². The topological polar surface area (TPSA) is 41.5 Å². The van der Waals surface area contributed by atoms with E-state index in [1.54, 1.807) is 23.5 Å². The van der Waals surface area contributed by atoms with Crippen molar-refractivity contribution in [3.63, 3.8) is 0 Å². The Morgan fingerprint density at radius 2 is 2.16 bits per heavy atom. The van der Waals surface area contributed by atoms with E-state index in [-0.39, 0.29) is 5.91 Å². The molecule has 0 unspecified atom stereocenters. The van der Waals surface area contributed by atoms with Gasteiger partial charge >= 0.3 is 0 Å². The summed E-state index contributed by atoms with van der Waals surface area (Å²) in [4.78, 5) is 13.0. The van der Waals surface area contributed by atoms with Gasteiger partial charge in [0.05, 0.1) is 16.3 Å². The van der Waals surface area contributed by atoms with Crippen LogP contribution < -0.4 is 5.43 Å². The number of nitrogens with one attached hydrogen (secondary N) is 1. The van der Waals surface area contributed by atoms with E-state index in [4.69, 9.17) is 11.6 Å². The molecule has 1 amide bonds. The molecule has 1 N–H and O–H groups in total. The Labute approximate surface area is 120 Å². The van der Waals surface area contributed by atoms with Crippen LogP contribution in [0.25, 0.3) is 0 Å². The number of thiophene rings is 1. The summed E-state index contributed by atoms with van der Waals surface area (Å²) in [6.45, 7) is 3.77. The van der Waals surface area contributed by atoms with Crippen LogP contribution in [0.4, 0.5) is 0 Å². The van der Waals surface area contributed by atoms with Crippen molar-refractivity contribution in [3.05, 3.63) is 56.7 Å². The number of carbonyl (C=O) groups excluding carboxylic acids is 1. The second-order valence-corrected chi connectivity index (χ2v) is 5.45. The zero-order valence-corrected chi connectivity index (χ0v) is 12.2. The number of hydrogen-bond acceptors (Lipinski definition) is 3. The Morgan fingerprint density at radius 1 is 1.37 bits per heavy atom. The largest absolute Gasteiger partial charge is 0.272 e. The highest BCUT2D eigenvalue weighted by molar-refractivity contribution is 7.12. The van der Waals surface area contributed by atoms with Gasteiger partial charge in [-0.3, -0.25) is 4.79 Å². The summed E-state index contributed by atoms with van der Waals surface area (Å²) in [5.41, 5.74) is 4.73. The molecule has 19 heavy (non-hydrogen) atoms. The molecule has 1 aromatic heterocycles. The lowest BCUT2D eigenvalue weighted by Gasteiger charge is -2.04. The van der Waals surface area contributed by atoms with Crippen molar-refractivity contribution in [2.75, 3.05) is 0 Å². The lowest BCUT2D eigenvalue weighted by Crippen LogP contribution is -2.19. The number of nitrogens with zero attached hydrogens (tertiary/aromatic N) is 1. The van der Waals surface area contributed by atoms with E-state index in [2.05, 4.69) is 10.5 Å². The molecule has 0 spiro atoms. The van der Waals surface area contributed by atoms with E-state index in [1.165, 1.54) is 0 Å². The van der Waals surface area contributed by atoms with Crippen LogP contribution in [0.15, 0.2) is 40.8 Å². The predicted molar refractivity (Wildman–Crippen MR) is 80.2 cm³/mol. The molecule has 0 saturated heterocycles. The summed E-state index contributed by atoms with van der Waals surface area (Å²) in [6.07, 6.45) is 0. The number of hydrazone groups is 1. The zero-order valence-electron chi connectivity index (χ0n) is 10.6. The minimum absolute atomic E-state index is 0.305. The molecule has 0 aliphatic rings. The second-order valence-electron chi connectivity index (χ2n) is 4.10. The van der Waals surface area contributed by atoms with Crippen molar-refractivity contribution < 1.29 is 4.79 Å². The molecule has 98 valence electrons. The fraction of sp³-hybridized carbons (Fsp3) is 0.143. The fourth-order valence-electron chi connectivity index (χ4n) is 1.54. The average Bonchev–Trinajstić information content (AvgIpc) is 2.89. The smallest absolute Gasteiger partial charge is 0.267 e. The van der Waals surface area contributed by atoms with Gasteiger partial charge in [-0.1, -0.05) is 23.7 Å². The Morgan fingerprint density at radius 3 is 2.79 bits per heavy atom. The minimum atomic E-state index is -0.305. The Balaban J connectivity index is 2.11. The first-order valence-corrected chi connectivity index (χ1v) is 6.98. The third-order valence-electron chi connectivity index (χ3n) is 2.57. The number of aryl methyl sites for hydroxylation is 1. The molecular formula is C14H13ClN2OS. The van der Waals surface area contributed by atoms with Crippen molar-refractivity contribution in [2.24, 2.45) is 5.10 Å². The van der Waals surface area contributed by atoms with Crippen molar-refractivity contribution in [1.82, 2.24) is 5.43 Å². The number of hydrogen-bond donors (Lipinski definition) is 1. The molecule has 1 aromatic carbocycles. The monoisotopic (exact) mass is 292 g/mol. The second kappa shape index (κ2) is 5.99. The summed E-state index contributed by atoms with van der Waals surface area (Å²) in [5, 5.41) is 6.47. The molecular weight excluding hydrogens is 280 g/mol. The van der Waals surface area contributed by atoms with Gasteiger partial charge in [-0.25, -0.2) is 5.43 Å². The maximum Gasteiger partial charge on any atom is 0.272 e. The number of halogens is 1. The van der Waals surface area contributed by atoms with E-state index >= 15 is 0 Å². The zero-order chi connectivity index (χ0) is 13.8. The molecule has 0 radical (unpaired) electrons. The van der Waals surface area contributed by atoms with Crippen LogP contribution >= 0.6 is 22.9 Å². The van der Waals surface area contributed by atoms with Gasteiger partial charge in [-0.15, -0.1) is 11.3 Å². The van der Waals surface area contributed by atoms with Crippen LogP contribution in [0.3, 0.4) is 0 Å². The molecule has 0 fully saturated rings. The first-order valence-electron chi connectivity index (χ1n) is 5.72.